The van der Waals surface area contributed by atoms with Crippen molar-refractivity contribution in [2.45, 2.75) is 13.5 Å². The van der Waals surface area contributed by atoms with E-state index in [-0.39, 0.29) is 17.3 Å². The monoisotopic (exact) mass is 686 g/mol. The Kier molecular flexibility index (Phi) is 8.97. The molecule has 0 atom stereocenters. The summed E-state index contributed by atoms with van der Waals surface area (Å²) >= 11 is 25.6. The van der Waals surface area contributed by atoms with Crippen LogP contribution in [0.25, 0.3) is 6.08 Å². The zero-order chi connectivity index (χ0) is 26.7. The van der Waals surface area contributed by atoms with Gasteiger partial charge in [-0.25, -0.2) is 0 Å². The van der Waals surface area contributed by atoms with Crippen molar-refractivity contribution in [1.82, 2.24) is 5.32 Å². The minimum atomic E-state index is -0.592. The van der Waals surface area contributed by atoms with Crippen molar-refractivity contribution in [1.29, 1.82) is 0 Å². The number of hydrogen-bond acceptors (Lipinski definition) is 5. The van der Waals surface area contributed by atoms with E-state index in [1.165, 1.54) is 11.0 Å². The second-order valence-electron chi connectivity index (χ2n) is 7.72. The third-order valence-electron chi connectivity index (χ3n) is 5.22. The summed E-state index contributed by atoms with van der Waals surface area (Å²) in [5.41, 5.74) is 1.74. The van der Waals surface area contributed by atoms with Crippen molar-refractivity contribution in [3.63, 3.8) is 0 Å². The standard InChI is InChI=1S/C26H18Cl3IN2O4S/c1-2-35-22-11-14(10-21(30)23(22)36-13-15-3-4-17(28)12-20(15)29)9-19-24(33)31-26(37)32(25(19)34)18-7-5-16(27)6-8-18/h3-12H,2,13H2,1H3,(H,31,33,37)/b19-9+. The lowest BCUT2D eigenvalue weighted by molar-refractivity contribution is -0.122. The quantitative estimate of drug-likeness (QED) is 0.125. The van der Waals surface area contributed by atoms with Crippen LogP contribution < -0.4 is 19.7 Å². The van der Waals surface area contributed by atoms with Gasteiger partial charge in [0.1, 0.15) is 12.2 Å². The van der Waals surface area contributed by atoms with Gasteiger partial charge in [0.15, 0.2) is 16.6 Å². The van der Waals surface area contributed by atoms with Gasteiger partial charge < -0.3 is 9.47 Å². The molecule has 2 amide bonds. The number of anilines is 1. The Morgan fingerprint density at radius 3 is 2.38 bits per heavy atom. The van der Waals surface area contributed by atoms with Crippen molar-refractivity contribution in [3.8, 4) is 11.5 Å². The fraction of sp³-hybridized carbons (Fsp3) is 0.115. The van der Waals surface area contributed by atoms with Gasteiger partial charge >= 0.3 is 0 Å². The molecule has 1 saturated heterocycles. The van der Waals surface area contributed by atoms with E-state index >= 15 is 0 Å². The summed E-state index contributed by atoms with van der Waals surface area (Å²) in [5, 5.41) is 4.10. The molecule has 0 saturated carbocycles. The van der Waals surface area contributed by atoms with Crippen LogP contribution >= 0.6 is 69.6 Å². The van der Waals surface area contributed by atoms with E-state index in [9.17, 15) is 9.59 Å². The number of amides is 2. The Hall–Kier alpha value is -2.37. The third-order valence-corrected chi connectivity index (χ3v) is 7.14. The van der Waals surface area contributed by atoms with Gasteiger partial charge in [-0.3, -0.25) is 19.8 Å². The second kappa shape index (κ2) is 12.0. The molecule has 11 heteroatoms. The fourth-order valence-corrected chi connectivity index (χ4v) is 5.16. The predicted molar refractivity (Wildman–Crippen MR) is 159 cm³/mol. The summed E-state index contributed by atoms with van der Waals surface area (Å²) in [6.07, 6.45) is 1.49. The van der Waals surface area contributed by atoms with Crippen LogP contribution in [0.1, 0.15) is 18.1 Å². The summed E-state index contributed by atoms with van der Waals surface area (Å²) in [6, 6.07) is 15.2. The Bertz CT molecular complexity index is 1430. The molecule has 4 rings (SSSR count). The average Bonchev–Trinajstić information content (AvgIpc) is 2.83. The summed E-state index contributed by atoms with van der Waals surface area (Å²) < 4.78 is 12.6. The predicted octanol–water partition coefficient (Wildman–Crippen LogP) is 7.06. The largest absolute Gasteiger partial charge is 0.490 e. The van der Waals surface area contributed by atoms with E-state index in [4.69, 9.17) is 56.5 Å². The number of carbonyl (C=O) groups excluding carboxylic acids is 2. The molecule has 3 aromatic rings. The van der Waals surface area contributed by atoms with Gasteiger partial charge in [0.05, 0.1) is 15.9 Å². The van der Waals surface area contributed by atoms with Crippen LogP contribution in [0.15, 0.2) is 60.2 Å². The van der Waals surface area contributed by atoms with Crippen LogP contribution in [0.5, 0.6) is 11.5 Å². The van der Waals surface area contributed by atoms with Crippen LogP contribution in [-0.2, 0) is 16.2 Å². The van der Waals surface area contributed by atoms with E-state index in [0.717, 1.165) is 5.56 Å². The number of halogens is 4. The van der Waals surface area contributed by atoms with Crippen LogP contribution in [0.3, 0.4) is 0 Å². The molecular weight excluding hydrogens is 670 g/mol. The first kappa shape index (κ1) is 27.7. The molecule has 1 fully saturated rings. The number of nitrogens with zero attached hydrogens (tertiary/aromatic N) is 1. The number of carbonyl (C=O) groups is 2. The summed E-state index contributed by atoms with van der Waals surface area (Å²) in [4.78, 5) is 27.3. The topological polar surface area (TPSA) is 67.9 Å². The van der Waals surface area contributed by atoms with Crippen molar-refractivity contribution in [3.05, 3.63) is 89.9 Å². The molecule has 37 heavy (non-hydrogen) atoms. The Morgan fingerprint density at radius 1 is 1.00 bits per heavy atom. The Labute approximate surface area is 247 Å². The van der Waals surface area contributed by atoms with Crippen LogP contribution in [0.4, 0.5) is 5.69 Å². The Morgan fingerprint density at radius 2 is 1.70 bits per heavy atom. The van der Waals surface area contributed by atoms with Gasteiger partial charge in [-0.1, -0.05) is 40.9 Å². The first-order valence-electron chi connectivity index (χ1n) is 10.9. The summed E-state index contributed by atoms with van der Waals surface area (Å²) in [7, 11) is 0. The maximum Gasteiger partial charge on any atom is 0.270 e. The molecule has 1 aliphatic heterocycles. The van der Waals surface area contributed by atoms with E-state index in [0.29, 0.717) is 48.0 Å². The van der Waals surface area contributed by atoms with Gasteiger partial charge in [0, 0.05) is 20.6 Å². The van der Waals surface area contributed by atoms with Crippen LogP contribution in [-0.4, -0.2) is 23.5 Å². The van der Waals surface area contributed by atoms with E-state index in [1.54, 1.807) is 54.6 Å². The summed E-state index contributed by atoms with van der Waals surface area (Å²) in [5.74, 6) is -0.174. The first-order chi connectivity index (χ1) is 17.7. The molecule has 0 spiro atoms. The van der Waals surface area contributed by atoms with Crippen LogP contribution in [0, 0.1) is 3.57 Å². The molecule has 0 bridgehead atoms. The molecule has 190 valence electrons. The van der Waals surface area contributed by atoms with Gasteiger partial charge in [-0.05, 0) is 102 Å². The molecule has 0 aliphatic carbocycles. The highest BCUT2D eigenvalue weighted by molar-refractivity contribution is 14.1. The minimum Gasteiger partial charge on any atom is -0.490 e. The molecule has 3 aromatic carbocycles. The maximum absolute atomic E-state index is 13.3. The lowest BCUT2D eigenvalue weighted by Crippen LogP contribution is -2.54. The van der Waals surface area contributed by atoms with E-state index in [2.05, 4.69) is 27.9 Å². The number of hydrogen-bond donors (Lipinski definition) is 1. The van der Waals surface area contributed by atoms with Gasteiger partial charge in [0.2, 0.25) is 0 Å². The molecule has 0 aromatic heterocycles. The smallest absolute Gasteiger partial charge is 0.270 e. The molecule has 0 radical (unpaired) electrons. The highest BCUT2D eigenvalue weighted by Gasteiger charge is 2.34. The Balaban J connectivity index is 1.66. The first-order valence-corrected chi connectivity index (χ1v) is 13.5. The highest BCUT2D eigenvalue weighted by Crippen LogP contribution is 2.36. The average molecular weight is 688 g/mol. The summed E-state index contributed by atoms with van der Waals surface area (Å²) in [6.45, 7) is 2.42. The molecule has 0 unspecified atom stereocenters. The molecule has 6 nitrogen and oxygen atoms in total. The number of ether oxygens (including phenoxy) is 2. The zero-order valence-corrected chi connectivity index (χ0v) is 24.4. The van der Waals surface area contributed by atoms with E-state index < -0.39 is 11.8 Å². The number of nitrogens with one attached hydrogen (secondary N) is 1. The molecule has 1 heterocycles. The van der Waals surface area contributed by atoms with Gasteiger partial charge in [0.25, 0.3) is 11.8 Å². The zero-order valence-electron chi connectivity index (χ0n) is 19.2. The minimum absolute atomic E-state index is 0.0105. The van der Waals surface area contributed by atoms with Crippen molar-refractivity contribution < 1.29 is 19.1 Å². The van der Waals surface area contributed by atoms with Crippen molar-refractivity contribution >= 4 is 98.3 Å². The SMILES string of the molecule is CCOc1cc(/C=C2\C(=O)NC(=S)N(c3ccc(Cl)cc3)C2=O)cc(I)c1OCc1ccc(Cl)cc1Cl. The highest BCUT2D eigenvalue weighted by atomic mass is 127. The molecular formula is C26H18Cl3IN2O4S. The van der Waals surface area contributed by atoms with Crippen molar-refractivity contribution in [2.24, 2.45) is 0 Å². The number of rotatable bonds is 7. The van der Waals surface area contributed by atoms with Gasteiger partial charge in [-0.2, -0.15) is 0 Å². The fourth-order valence-electron chi connectivity index (χ4n) is 3.51. The normalized spacial score (nSPS) is 14.7. The molecule has 1 N–H and O–H groups in total. The third kappa shape index (κ3) is 6.38. The van der Waals surface area contributed by atoms with Crippen molar-refractivity contribution in [2.75, 3.05) is 11.5 Å². The lowest BCUT2D eigenvalue weighted by Gasteiger charge is -2.29. The van der Waals surface area contributed by atoms with Crippen LogP contribution in [0.2, 0.25) is 15.1 Å². The van der Waals surface area contributed by atoms with Gasteiger partial charge in [-0.15, -0.1) is 0 Å². The molecule has 1 aliphatic rings. The maximum atomic E-state index is 13.3. The lowest BCUT2D eigenvalue weighted by atomic mass is 10.1. The van der Waals surface area contributed by atoms with E-state index in [1.807, 2.05) is 6.92 Å². The number of thiocarbonyl (C=S) groups is 1. The number of benzene rings is 3. The second-order valence-corrected chi connectivity index (χ2v) is 10.6.